The molecule has 1 fully saturated rings. The molecule has 5 heteroatoms. The fourth-order valence-electron chi connectivity index (χ4n) is 1.20. The van der Waals surface area contributed by atoms with Gasteiger partial charge in [0, 0.05) is 4.47 Å². The molecular formula is C9H8BrKO3. The van der Waals surface area contributed by atoms with Gasteiger partial charge in [0.25, 0.3) is 0 Å². The van der Waals surface area contributed by atoms with Crippen LogP contribution in [0.2, 0.25) is 0 Å². The number of aliphatic carboxylic acids is 1. The van der Waals surface area contributed by atoms with Gasteiger partial charge in [-0.2, -0.15) is 0 Å². The van der Waals surface area contributed by atoms with Gasteiger partial charge in [0.2, 0.25) is 5.60 Å². The Morgan fingerprint density at radius 1 is 1.50 bits per heavy atom. The molecule has 0 bridgehead atoms. The van der Waals surface area contributed by atoms with Gasteiger partial charge in [-0.25, -0.2) is 4.79 Å². The van der Waals surface area contributed by atoms with Crippen LogP contribution in [0.25, 0.3) is 0 Å². The largest absolute Gasteiger partial charge is 1.00 e. The van der Waals surface area contributed by atoms with Crippen molar-refractivity contribution in [1.82, 2.24) is 0 Å². The predicted molar refractivity (Wildman–Crippen MR) is 50.5 cm³/mol. The van der Waals surface area contributed by atoms with E-state index in [1.54, 1.807) is 12.1 Å². The molecule has 1 aliphatic rings. The zero-order chi connectivity index (χ0) is 9.47. The van der Waals surface area contributed by atoms with Crippen molar-refractivity contribution >= 4 is 21.9 Å². The molecule has 0 amide bonds. The van der Waals surface area contributed by atoms with Crippen molar-refractivity contribution < 1.29 is 67.4 Å². The maximum absolute atomic E-state index is 10.8. The molecule has 1 aromatic carbocycles. The molecule has 14 heavy (non-hydrogen) atoms. The molecule has 1 aliphatic heterocycles. The Balaban J connectivity index is 0.000000980. The molecular weight excluding hydrogens is 275 g/mol. The first-order chi connectivity index (χ1) is 6.15. The van der Waals surface area contributed by atoms with Crippen molar-refractivity contribution in [2.75, 3.05) is 6.61 Å². The summed E-state index contributed by atoms with van der Waals surface area (Å²) in [5, 5.41) is 8.89. The van der Waals surface area contributed by atoms with E-state index >= 15 is 0 Å². The van der Waals surface area contributed by atoms with Gasteiger partial charge in [0.05, 0.1) is 6.61 Å². The Hall–Kier alpha value is 0.766. The van der Waals surface area contributed by atoms with Gasteiger partial charge in [-0.1, -0.05) is 28.1 Å². The van der Waals surface area contributed by atoms with Gasteiger partial charge >= 0.3 is 57.4 Å². The average molecular weight is 283 g/mol. The summed E-state index contributed by atoms with van der Waals surface area (Å²) in [5.74, 6) is -0.921. The molecule has 1 unspecified atom stereocenters. The van der Waals surface area contributed by atoms with Gasteiger partial charge in [-0.15, -0.1) is 0 Å². The summed E-state index contributed by atoms with van der Waals surface area (Å²) in [4.78, 5) is 10.8. The molecule has 0 radical (unpaired) electrons. The second-order valence-corrected chi connectivity index (χ2v) is 3.84. The topological polar surface area (TPSA) is 49.8 Å². The Morgan fingerprint density at radius 3 is 2.36 bits per heavy atom. The fraction of sp³-hybridized carbons (Fsp3) is 0.222. The van der Waals surface area contributed by atoms with Crippen molar-refractivity contribution in [2.45, 2.75) is 5.60 Å². The second-order valence-electron chi connectivity index (χ2n) is 2.93. The molecule has 0 aromatic heterocycles. The van der Waals surface area contributed by atoms with E-state index in [0.29, 0.717) is 5.56 Å². The van der Waals surface area contributed by atoms with Crippen molar-refractivity contribution in [1.29, 1.82) is 0 Å². The summed E-state index contributed by atoms with van der Waals surface area (Å²) in [5.41, 5.74) is -0.371. The first-order valence-electron chi connectivity index (χ1n) is 3.78. The van der Waals surface area contributed by atoms with E-state index in [9.17, 15) is 4.79 Å². The molecule has 0 spiro atoms. The van der Waals surface area contributed by atoms with Gasteiger partial charge in [0.15, 0.2) is 0 Å². The zero-order valence-electron chi connectivity index (χ0n) is 8.66. The summed E-state index contributed by atoms with van der Waals surface area (Å²) in [6.07, 6.45) is 0. The fourth-order valence-corrected chi connectivity index (χ4v) is 1.47. The second kappa shape index (κ2) is 4.74. The van der Waals surface area contributed by atoms with Crippen LogP contribution < -0.4 is 51.4 Å². The SMILES string of the molecule is O=C(O)C1(c2ccc(Br)cc2)CO1.[H-].[K+]. The van der Waals surface area contributed by atoms with Crippen LogP contribution in [0.4, 0.5) is 0 Å². The van der Waals surface area contributed by atoms with Gasteiger partial charge < -0.3 is 11.3 Å². The quantitative estimate of drug-likeness (QED) is 0.552. The minimum atomic E-state index is -1.07. The minimum Gasteiger partial charge on any atom is -1.00 e. The third kappa shape index (κ3) is 2.29. The van der Waals surface area contributed by atoms with E-state index in [1.165, 1.54) is 0 Å². The van der Waals surface area contributed by atoms with Crippen LogP contribution in [0.5, 0.6) is 0 Å². The van der Waals surface area contributed by atoms with Crippen LogP contribution >= 0.6 is 15.9 Å². The van der Waals surface area contributed by atoms with Crippen LogP contribution in [0.3, 0.4) is 0 Å². The maximum Gasteiger partial charge on any atom is 1.00 e. The maximum atomic E-state index is 10.8. The number of carboxylic acids is 1. The number of halogens is 1. The van der Waals surface area contributed by atoms with E-state index in [-0.39, 0.29) is 59.4 Å². The van der Waals surface area contributed by atoms with E-state index in [4.69, 9.17) is 9.84 Å². The van der Waals surface area contributed by atoms with Crippen LogP contribution in [-0.2, 0) is 15.1 Å². The molecule has 1 heterocycles. The van der Waals surface area contributed by atoms with Gasteiger partial charge in [0.1, 0.15) is 0 Å². The number of hydrogen-bond acceptors (Lipinski definition) is 2. The van der Waals surface area contributed by atoms with Gasteiger partial charge in [-0.3, -0.25) is 0 Å². The average Bonchev–Trinajstić information content (AvgIpc) is 2.86. The molecule has 1 atom stereocenters. The molecule has 1 saturated heterocycles. The Labute approximate surface area is 134 Å². The van der Waals surface area contributed by atoms with Crippen LogP contribution in [0, 0.1) is 0 Å². The van der Waals surface area contributed by atoms with Crippen molar-refractivity contribution in [3.8, 4) is 0 Å². The minimum absolute atomic E-state index is 0. The number of benzene rings is 1. The van der Waals surface area contributed by atoms with E-state index in [2.05, 4.69) is 15.9 Å². The summed E-state index contributed by atoms with van der Waals surface area (Å²) >= 11 is 3.28. The molecule has 0 aliphatic carbocycles. The molecule has 3 nitrogen and oxygen atoms in total. The summed E-state index contributed by atoms with van der Waals surface area (Å²) in [7, 11) is 0. The Kier molecular flexibility index (Phi) is 4.34. The number of rotatable bonds is 2. The summed E-state index contributed by atoms with van der Waals surface area (Å²) in [6.45, 7) is 0.268. The van der Waals surface area contributed by atoms with E-state index in [1.807, 2.05) is 12.1 Å². The number of epoxide rings is 1. The van der Waals surface area contributed by atoms with Crippen molar-refractivity contribution in [2.24, 2.45) is 0 Å². The van der Waals surface area contributed by atoms with Crippen LogP contribution in [0.15, 0.2) is 28.7 Å². The molecule has 1 N–H and O–H groups in total. The third-order valence-corrected chi connectivity index (χ3v) is 2.62. The van der Waals surface area contributed by atoms with Crippen LogP contribution in [0.1, 0.15) is 6.99 Å². The van der Waals surface area contributed by atoms with E-state index in [0.717, 1.165) is 4.47 Å². The monoisotopic (exact) mass is 282 g/mol. The van der Waals surface area contributed by atoms with Gasteiger partial charge in [-0.05, 0) is 17.7 Å². The zero-order valence-corrected chi connectivity index (χ0v) is 12.4. The Morgan fingerprint density at radius 2 is 2.00 bits per heavy atom. The molecule has 1 aromatic rings. The van der Waals surface area contributed by atoms with Crippen molar-refractivity contribution in [3.63, 3.8) is 0 Å². The molecule has 70 valence electrons. The summed E-state index contributed by atoms with van der Waals surface area (Å²) in [6, 6.07) is 7.12. The van der Waals surface area contributed by atoms with Crippen LogP contribution in [-0.4, -0.2) is 17.7 Å². The molecule has 2 rings (SSSR count). The third-order valence-electron chi connectivity index (χ3n) is 2.09. The molecule has 0 saturated carbocycles. The summed E-state index contributed by atoms with van der Waals surface area (Å²) < 4.78 is 5.90. The van der Waals surface area contributed by atoms with E-state index < -0.39 is 11.6 Å². The van der Waals surface area contributed by atoms with Crippen molar-refractivity contribution in [3.05, 3.63) is 34.3 Å². The number of hydrogen-bond donors (Lipinski definition) is 1. The smallest absolute Gasteiger partial charge is 1.00 e. The first-order valence-corrected chi connectivity index (χ1v) is 4.58. The normalized spacial score (nSPS) is 23.8. The standard InChI is InChI=1S/C9H7BrO3.K.H/c10-7-3-1-6(2-4-7)9(5-13-9)8(11)12;;/h1-4H,5H2,(H,11,12);;/q;+1;-1. The number of ether oxygens (including phenoxy) is 1. The first kappa shape index (κ1) is 12.8. The predicted octanol–water partition coefficient (Wildman–Crippen LogP) is -1.12. The Bertz CT molecular complexity index is 351. The number of carboxylic acid groups (broad SMARTS) is 1. The number of carbonyl (C=O) groups is 1.